The van der Waals surface area contributed by atoms with Gasteiger partial charge in [0.2, 0.25) is 0 Å². The van der Waals surface area contributed by atoms with Crippen LogP contribution in [0.4, 0.5) is 9.59 Å². The zero-order chi connectivity index (χ0) is 23.4. The molecule has 3 fully saturated rings. The minimum atomic E-state index is -0.460. The lowest BCUT2D eigenvalue weighted by Crippen LogP contribution is -2.56. The molecule has 6 atom stereocenters. The van der Waals surface area contributed by atoms with E-state index >= 15 is 0 Å². The van der Waals surface area contributed by atoms with Gasteiger partial charge < -0.3 is 34.3 Å². The third-order valence-corrected chi connectivity index (χ3v) is 6.77. The van der Waals surface area contributed by atoms with E-state index in [9.17, 15) is 9.59 Å². The van der Waals surface area contributed by atoms with Crippen molar-refractivity contribution in [3.05, 3.63) is 11.6 Å². The van der Waals surface area contributed by atoms with Gasteiger partial charge in [-0.15, -0.1) is 0 Å². The molecule has 0 radical (unpaired) electrons. The standard InChI is InChI=1S/C23H38N2O7/c1-15(2)8-9-17-22(3,32-17)19-18(28-5)16(10-11-23(19)14-30-23)31-21(27)25-12-6-7-13-29-20(26)24-4/h8,16-19H,6-7,9-14H2,1-5H3,(H,24,26)(H,25,27). The van der Waals surface area contributed by atoms with Crippen molar-refractivity contribution in [1.29, 1.82) is 0 Å². The van der Waals surface area contributed by atoms with E-state index in [4.69, 9.17) is 23.7 Å². The third-order valence-electron chi connectivity index (χ3n) is 6.77. The highest BCUT2D eigenvalue weighted by Crippen LogP contribution is 2.59. The maximum absolute atomic E-state index is 12.4. The van der Waals surface area contributed by atoms with Gasteiger partial charge in [0.15, 0.2) is 0 Å². The number of rotatable bonds is 10. The van der Waals surface area contributed by atoms with Crippen LogP contribution >= 0.6 is 0 Å². The number of carbonyl (C=O) groups is 2. The number of alkyl carbamates (subject to hydrolysis) is 2. The average Bonchev–Trinajstić information content (AvgIpc) is 3.67. The fourth-order valence-electron chi connectivity index (χ4n) is 4.90. The molecule has 2 heterocycles. The van der Waals surface area contributed by atoms with E-state index in [1.807, 2.05) is 0 Å². The quantitative estimate of drug-likeness (QED) is 0.297. The van der Waals surface area contributed by atoms with Crippen molar-refractivity contribution in [3.63, 3.8) is 0 Å². The molecule has 3 rings (SSSR count). The summed E-state index contributed by atoms with van der Waals surface area (Å²) < 4.78 is 28.7. The van der Waals surface area contributed by atoms with Crippen LogP contribution in [0.1, 0.15) is 52.9 Å². The van der Waals surface area contributed by atoms with E-state index in [1.54, 1.807) is 7.11 Å². The summed E-state index contributed by atoms with van der Waals surface area (Å²) in [5, 5.41) is 5.17. The molecule has 32 heavy (non-hydrogen) atoms. The minimum absolute atomic E-state index is 0.00368. The summed E-state index contributed by atoms with van der Waals surface area (Å²) >= 11 is 0. The van der Waals surface area contributed by atoms with Crippen molar-refractivity contribution in [2.45, 2.75) is 82.4 Å². The zero-order valence-electron chi connectivity index (χ0n) is 19.9. The number of ether oxygens (including phenoxy) is 5. The number of hydrogen-bond acceptors (Lipinski definition) is 7. The maximum Gasteiger partial charge on any atom is 0.407 e. The van der Waals surface area contributed by atoms with Gasteiger partial charge in [-0.25, -0.2) is 9.59 Å². The number of methoxy groups -OCH3 is 1. The Hall–Kier alpha value is -1.84. The molecule has 1 spiro atoms. The average molecular weight is 455 g/mol. The van der Waals surface area contributed by atoms with Gasteiger partial charge in [0.1, 0.15) is 23.4 Å². The Bertz CT molecular complexity index is 704. The SMILES string of the molecule is CNC(=O)OCCCCNC(=O)OC1CCC2(CO2)C(C2(C)OC2CC=C(C)C)C1OC. The topological polar surface area (TPSA) is 111 Å². The van der Waals surface area contributed by atoms with Crippen LogP contribution in [0.5, 0.6) is 0 Å². The van der Waals surface area contributed by atoms with Crippen LogP contribution in [0.3, 0.4) is 0 Å². The lowest BCUT2D eigenvalue weighted by Gasteiger charge is -2.42. The Kier molecular flexibility index (Phi) is 8.06. The molecule has 2 N–H and O–H groups in total. The van der Waals surface area contributed by atoms with Gasteiger partial charge in [0, 0.05) is 20.7 Å². The summed E-state index contributed by atoms with van der Waals surface area (Å²) in [4.78, 5) is 23.4. The lowest BCUT2D eigenvalue weighted by atomic mass is 9.68. The molecule has 1 aliphatic carbocycles. The number of epoxide rings is 2. The summed E-state index contributed by atoms with van der Waals surface area (Å²) in [5.74, 6) is 0.00368. The molecule has 3 aliphatic rings. The zero-order valence-corrected chi connectivity index (χ0v) is 19.9. The van der Waals surface area contributed by atoms with Crippen LogP contribution in [0.2, 0.25) is 0 Å². The maximum atomic E-state index is 12.4. The Morgan fingerprint density at radius 3 is 2.59 bits per heavy atom. The van der Waals surface area contributed by atoms with Crippen molar-refractivity contribution in [1.82, 2.24) is 10.6 Å². The molecule has 9 heteroatoms. The Balaban J connectivity index is 1.50. The number of nitrogens with one attached hydrogen (secondary N) is 2. The first-order chi connectivity index (χ1) is 15.3. The van der Waals surface area contributed by atoms with Crippen molar-refractivity contribution in [2.75, 3.05) is 33.9 Å². The van der Waals surface area contributed by atoms with Crippen molar-refractivity contribution >= 4 is 12.2 Å². The molecule has 0 bridgehead atoms. The summed E-state index contributed by atoms with van der Waals surface area (Å²) in [6.07, 6.45) is 4.45. The van der Waals surface area contributed by atoms with E-state index in [2.05, 4.69) is 37.5 Å². The van der Waals surface area contributed by atoms with Crippen LogP contribution in [-0.2, 0) is 23.7 Å². The Labute approximate surface area is 190 Å². The second kappa shape index (κ2) is 10.4. The Morgan fingerprint density at radius 2 is 1.97 bits per heavy atom. The highest BCUT2D eigenvalue weighted by molar-refractivity contribution is 5.67. The largest absolute Gasteiger partial charge is 0.450 e. The molecule has 0 aromatic heterocycles. The highest BCUT2D eigenvalue weighted by atomic mass is 16.6. The molecule has 1 saturated carbocycles. The number of allylic oxidation sites excluding steroid dienone is 1. The predicted octanol–water partition coefficient (Wildman–Crippen LogP) is 2.93. The predicted molar refractivity (Wildman–Crippen MR) is 117 cm³/mol. The van der Waals surface area contributed by atoms with Crippen LogP contribution in [0, 0.1) is 5.92 Å². The fourth-order valence-corrected chi connectivity index (χ4v) is 4.90. The molecule has 6 unspecified atom stereocenters. The lowest BCUT2D eigenvalue weighted by molar-refractivity contribution is -0.118. The normalized spacial score (nSPS) is 35.0. The minimum Gasteiger partial charge on any atom is -0.450 e. The van der Waals surface area contributed by atoms with Crippen LogP contribution in [0.15, 0.2) is 11.6 Å². The van der Waals surface area contributed by atoms with E-state index < -0.39 is 12.2 Å². The third kappa shape index (κ3) is 5.74. The van der Waals surface area contributed by atoms with Gasteiger partial charge in [-0.05, 0) is 52.9 Å². The van der Waals surface area contributed by atoms with Crippen molar-refractivity contribution in [3.8, 4) is 0 Å². The molecule has 0 aromatic carbocycles. The van der Waals surface area contributed by atoms with E-state index in [0.29, 0.717) is 39.0 Å². The smallest absolute Gasteiger partial charge is 0.407 e. The molecular formula is C23H38N2O7. The second-order valence-corrected chi connectivity index (χ2v) is 9.34. The number of unbranched alkanes of at least 4 members (excludes halogenated alkanes) is 1. The van der Waals surface area contributed by atoms with Crippen LogP contribution in [0.25, 0.3) is 0 Å². The molecule has 2 aliphatic heterocycles. The van der Waals surface area contributed by atoms with Gasteiger partial charge in [0.05, 0.1) is 25.2 Å². The summed E-state index contributed by atoms with van der Waals surface area (Å²) in [5.41, 5.74) is 0.674. The highest BCUT2D eigenvalue weighted by Gasteiger charge is 2.72. The molecule has 182 valence electrons. The van der Waals surface area contributed by atoms with Crippen molar-refractivity contribution in [2.24, 2.45) is 5.92 Å². The van der Waals surface area contributed by atoms with Gasteiger partial charge >= 0.3 is 12.2 Å². The van der Waals surface area contributed by atoms with Crippen molar-refractivity contribution < 1.29 is 33.3 Å². The van der Waals surface area contributed by atoms with Gasteiger partial charge in [0.25, 0.3) is 0 Å². The number of amides is 2. The van der Waals surface area contributed by atoms with E-state index in [-0.39, 0.29) is 35.4 Å². The van der Waals surface area contributed by atoms with Gasteiger partial charge in [-0.3, -0.25) is 0 Å². The van der Waals surface area contributed by atoms with Crippen LogP contribution < -0.4 is 10.6 Å². The Morgan fingerprint density at radius 1 is 1.22 bits per heavy atom. The molecule has 0 aromatic rings. The molecule has 2 saturated heterocycles. The number of hydrogen-bond donors (Lipinski definition) is 2. The number of carbonyl (C=O) groups excluding carboxylic acids is 2. The van der Waals surface area contributed by atoms with Gasteiger partial charge in [-0.1, -0.05) is 11.6 Å². The summed E-state index contributed by atoms with van der Waals surface area (Å²) in [7, 11) is 3.18. The van der Waals surface area contributed by atoms with E-state index in [0.717, 1.165) is 12.8 Å². The summed E-state index contributed by atoms with van der Waals surface area (Å²) in [6.45, 7) is 7.74. The second-order valence-electron chi connectivity index (χ2n) is 9.34. The first kappa shape index (κ1) is 24.8. The monoisotopic (exact) mass is 454 g/mol. The molecular weight excluding hydrogens is 416 g/mol. The fraction of sp³-hybridized carbons (Fsp3) is 0.826. The first-order valence-electron chi connectivity index (χ1n) is 11.5. The summed E-state index contributed by atoms with van der Waals surface area (Å²) in [6, 6.07) is 0. The van der Waals surface area contributed by atoms with Crippen LogP contribution in [-0.4, -0.2) is 75.6 Å². The molecule has 2 amide bonds. The van der Waals surface area contributed by atoms with Gasteiger partial charge in [-0.2, -0.15) is 0 Å². The molecule has 9 nitrogen and oxygen atoms in total. The van der Waals surface area contributed by atoms with E-state index in [1.165, 1.54) is 12.6 Å². The first-order valence-corrected chi connectivity index (χ1v) is 11.5.